The lowest BCUT2D eigenvalue weighted by Crippen LogP contribution is -2.18. The molecule has 0 aromatic carbocycles. The zero-order chi connectivity index (χ0) is 12.4. The average Bonchev–Trinajstić information content (AvgIpc) is 2.64. The summed E-state index contributed by atoms with van der Waals surface area (Å²) in [5, 5.41) is 8.78. The fourth-order valence-electron chi connectivity index (χ4n) is 1.56. The second-order valence-corrected chi connectivity index (χ2v) is 3.66. The SMILES string of the molecule is Cc1oc(C(=O)O)cc1Cn1ccccc1=O. The Morgan fingerprint density at radius 1 is 1.47 bits per heavy atom. The van der Waals surface area contributed by atoms with Crippen molar-refractivity contribution in [2.24, 2.45) is 0 Å². The van der Waals surface area contributed by atoms with E-state index in [0.29, 0.717) is 17.9 Å². The monoisotopic (exact) mass is 233 g/mol. The van der Waals surface area contributed by atoms with Crippen molar-refractivity contribution < 1.29 is 14.3 Å². The predicted molar refractivity (Wildman–Crippen MR) is 60.2 cm³/mol. The highest BCUT2D eigenvalue weighted by Crippen LogP contribution is 2.15. The van der Waals surface area contributed by atoms with Gasteiger partial charge in [-0.15, -0.1) is 0 Å². The first kappa shape index (κ1) is 11.2. The first-order chi connectivity index (χ1) is 8.08. The Balaban J connectivity index is 2.34. The maximum Gasteiger partial charge on any atom is 0.371 e. The van der Waals surface area contributed by atoms with Crippen LogP contribution in [-0.2, 0) is 6.54 Å². The largest absolute Gasteiger partial charge is 0.475 e. The number of pyridine rings is 1. The number of rotatable bonds is 3. The zero-order valence-corrected chi connectivity index (χ0v) is 9.21. The van der Waals surface area contributed by atoms with Crippen LogP contribution in [0.5, 0.6) is 0 Å². The first-order valence-corrected chi connectivity index (χ1v) is 5.06. The van der Waals surface area contributed by atoms with Gasteiger partial charge in [0.25, 0.3) is 5.56 Å². The Labute approximate surface area is 96.9 Å². The lowest BCUT2D eigenvalue weighted by Gasteiger charge is -2.02. The van der Waals surface area contributed by atoms with Crippen molar-refractivity contribution >= 4 is 5.97 Å². The number of nitrogens with zero attached hydrogens (tertiary/aromatic N) is 1. The van der Waals surface area contributed by atoms with E-state index in [9.17, 15) is 9.59 Å². The van der Waals surface area contributed by atoms with Gasteiger partial charge in [0.2, 0.25) is 5.76 Å². The molecule has 0 aliphatic rings. The van der Waals surface area contributed by atoms with Gasteiger partial charge in [-0.3, -0.25) is 4.79 Å². The molecule has 0 bridgehead atoms. The smallest absolute Gasteiger partial charge is 0.371 e. The van der Waals surface area contributed by atoms with Crippen molar-refractivity contribution in [3.63, 3.8) is 0 Å². The zero-order valence-electron chi connectivity index (χ0n) is 9.21. The van der Waals surface area contributed by atoms with Crippen LogP contribution in [0, 0.1) is 6.92 Å². The highest BCUT2D eigenvalue weighted by Gasteiger charge is 2.13. The molecule has 2 rings (SSSR count). The van der Waals surface area contributed by atoms with Crippen LogP contribution in [0.15, 0.2) is 39.7 Å². The van der Waals surface area contributed by atoms with Gasteiger partial charge in [-0.05, 0) is 19.1 Å². The van der Waals surface area contributed by atoms with Gasteiger partial charge in [0.05, 0.1) is 6.54 Å². The second-order valence-electron chi connectivity index (χ2n) is 3.66. The van der Waals surface area contributed by atoms with Crippen LogP contribution in [0.25, 0.3) is 0 Å². The van der Waals surface area contributed by atoms with Gasteiger partial charge < -0.3 is 14.1 Å². The molecule has 0 amide bonds. The number of hydrogen-bond acceptors (Lipinski definition) is 3. The van der Waals surface area contributed by atoms with Crippen molar-refractivity contribution in [3.8, 4) is 0 Å². The lowest BCUT2D eigenvalue weighted by atomic mass is 10.2. The van der Waals surface area contributed by atoms with E-state index >= 15 is 0 Å². The lowest BCUT2D eigenvalue weighted by molar-refractivity contribution is 0.0661. The Morgan fingerprint density at radius 2 is 2.24 bits per heavy atom. The van der Waals surface area contributed by atoms with E-state index in [-0.39, 0.29) is 11.3 Å². The molecule has 0 spiro atoms. The molecule has 0 radical (unpaired) electrons. The maximum atomic E-state index is 11.5. The van der Waals surface area contributed by atoms with E-state index in [1.165, 1.54) is 16.7 Å². The summed E-state index contributed by atoms with van der Waals surface area (Å²) in [6.45, 7) is 1.98. The molecular weight excluding hydrogens is 222 g/mol. The van der Waals surface area contributed by atoms with Crippen LogP contribution in [0.1, 0.15) is 21.9 Å². The number of aryl methyl sites for hydroxylation is 1. The summed E-state index contributed by atoms with van der Waals surface area (Å²) < 4.78 is 6.56. The highest BCUT2D eigenvalue weighted by molar-refractivity contribution is 5.84. The molecule has 0 saturated carbocycles. The van der Waals surface area contributed by atoms with E-state index in [4.69, 9.17) is 9.52 Å². The summed E-state index contributed by atoms with van der Waals surface area (Å²) >= 11 is 0. The molecular formula is C12H11NO4. The average molecular weight is 233 g/mol. The number of aromatic nitrogens is 1. The molecule has 5 heteroatoms. The van der Waals surface area contributed by atoms with Gasteiger partial charge in [-0.2, -0.15) is 0 Å². The molecule has 2 aromatic heterocycles. The van der Waals surface area contributed by atoms with E-state index in [1.54, 1.807) is 25.3 Å². The highest BCUT2D eigenvalue weighted by atomic mass is 16.4. The van der Waals surface area contributed by atoms with E-state index in [2.05, 4.69) is 0 Å². The molecule has 2 aromatic rings. The third-order valence-corrected chi connectivity index (χ3v) is 2.47. The number of aromatic carboxylic acids is 1. The van der Waals surface area contributed by atoms with Crippen molar-refractivity contribution in [3.05, 3.63) is 57.9 Å². The number of carboxylic acid groups (broad SMARTS) is 1. The van der Waals surface area contributed by atoms with E-state index < -0.39 is 5.97 Å². The Hall–Kier alpha value is -2.30. The summed E-state index contributed by atoms with van der Waals surface area (Å²) in [6.07, 6.45) is 1.65. The Kier molecular flexibility index (Phi) is 2.82. The molecule has 0 aliphatic carbocycles. The summed E-state index contributed by atoms with van der Waals surface area (Å²) in [7, 11) is 0. The van der Waals surface area contributed by atoms with Gasteiger partial charge in [-0.1, -0.05) is 6.07 Å². The minimum atomic E-state index is -1.11. The topological polar surface area (TPSA) is 72.4 Å². The van der Waals surface area contributed by atoms with Gasteiger partial charge in [0, 0.05) is 17.8 Å². The first-order valence-electron chi connectivity index (χ1n) is 5.06. The van der Waals surface area contributed by atoms with E-state index in [0.717, 1.165) is 0 Å². The second kappa shape index (κ2) is 4.29. The molecule has 0 fully saturated rings. The Morgan fingerprint density at radius 3 is 2.82 bits per heavy atom. The minimum absolute atomic E-state index is 0.110. The molecule has 17 heavy (non-hydrogen) atoms. The molecule has 0 saturated heterocycles. The van der Waals surface area contributed by atoms with Crippen molar-refractivity contribution in [2.45, 2.75) is 13.5 Å². The molecule has 5 nitrogen and oxygen atoms in total. The van der Waals surface area contributed by atoms with Crippen LogP contribution in [0.2, 0.25) is 0 Å². The summed E-state index contributed by atoms with van der Waals surface area (Å²) in [6, 6.07) is 6.29. The van der Waals surface area contributed by atoms with Crippen LogP contribution in [-0.4, -0.2) is 15.6 Å². The predicted octanol–water partition coefficient (Wildman–Crippen LogP) is 1.50. The normalized spacial score (nSPS) is 10.4. The Bertz CT molecular complexity index is 609. The summed E-state index contributed by atoms with van der Waals surface area (Å²) in [5.41, 5.74) is 0.556. The standard InChI is InChI=1S/C12H11NO4/c1-8-9(6-10(17-8)12(15)16)7-13-5-3-2-4-11(13)14/h2-6H,7H2,1H3,(H,15,16). The fraction of sp³-hybridized carbons (Fsp3) is 0.167. The molecule has 0 unspecified atom stereocenters. The molecule has 88 valence electrons. The molecule has 1 N–H and O–H groups in total. The van der Waals surface area contributed by atoms with Crippen LogP contribution < -0.4 is 5.56 Å². The summed E-state index contributed by atoms with van der Waals surface area (Å²) in [5.74, 6) is -0.709. The molecule has 0 aliphatic heterocycles. The third kappa shape index (κ3) is 2.28. The van der Waals surface area contributed by atoms with Gasteiger partial charge in [0.1, 0.15) is 5.76 Å². The van der Waals surface area contributed by atoms with Crippen LogP contribution >= 0.6 is 0 Å². The maximum absolute atomic E-state index is 11.5. The number of hydrogen-bond donors (Lipinski definition) is 1. The van der Waals surface area contributed by atoms with Crippen molar-refractivity contribution in [1.29, 1.82) is 0 Å². The van der Waals surface area contributed by atoms with Gasteiger partial charge in [-0.25, -0.2) is 4.79 Å². The minimum Gasteiger partial charge on any atom is -0.475 e. The number of carboxylic acids is 1. The molecule has 0 atom stereocenters. The molecule has 2 heterocycles. The number of furan rings is 1. The quantitative estimate of drug-likeness (QED) is 0.871. The van der Waals surface area contributed by atoms with Gasteiger partial charge >= 0.3 is 5.97 Å². The summed E-state index contributed by atoms with van der Waals surface area (Å²) in [4.78, 5) is 22.2. The van der Waals surface area contributed by atoms with Gasteiger partial charge in [0.15, 0.2) is 0 Å². The number of carbonyl (C=O) groups is 1. The van der Waals surface area contributed by atoms with E-state index in [1.807, 2.05) is 0 Å². The van der Waals surface area contributed by atoms with Crippen LogP contribution in [0.4, 0.5) is 0 Å². The fourth-order valence-corrected chi connectivity index (χ4v) is 1.56. The van der Waals surface area contributed by atoms with Crippen molar-refractivity contribution in [1.82, 2.24) is 4.57 Å². The third-order valence-electron chi connectivity index (χ3n) is 2.47. The van der Waals surface area contributed by atoms with Crippen LogP contribution in [0.3, 0.4) is 0 Å². The van der Waals surface area contributed by atoms with Crippen molar-refractivity contribution in [2.75, 3.05) is 0 Å².